The van der Waals surface area contributed by atoms with Crippen LogP contribution in [0.15, 0.2) is 16.9 Å². The fourth-order valence-corrected chi connectivity index (χ4v) is 2.89. The zero-order valence-electron chi connectivity index (χ0n) is 9.70. The average Bonchev–Trinajstić information content (AvgIpc) is 2.64. The summed E-state index contributed by atoms with van der Waals surface area (Å²) in [6.45, 7) is 4.41. The van der Waals surface area contributed by atoms with Crippen LogP contribution in [0, 0.1) is 12.8 Å². The third-order valence-electron chi connectivity index (χ3n) is 3.85. The minimum absolute atomic E-state index is 0.382. The van der Waals surface area contributed by atoms with E-state index < -0.39 is 0 Å². The number of aryl methyl sites for hydroxylation is 1. The maximum Gasteiger partial charge on any atom is 0.0940 e. The van der Waals surface area contributed by atoms with Crippen LogP contribution in [0.1, 0.15) is 49.7 Å². The average molecular weight is 207 g/mol. The van der Waals surface area contributed by atoms with E-state index in [9.17, 15) is 0 Å². The van der Waals surface area contributed by atoms with E-state index in [2.05, 4.69) is 13.8 Å². The zero-order chi connectivity index (χ0) is 10.8. The van der Waals surface area contributed by atoms with E-state index in [0.29, 0.717) is 12.0 Å². The van der Waals surface area contributed by atoms with E-state index in [1.54, 1.807) is 0 Å². The Morgan fingerprint density at radius 3 is 2.80 bits per heavy atom. The highest BCUT2D eigenvalue weighted by molar-refractivity contribution is 5.25. The summed E-state index contributed by atoms with van der Waals surface area (Å²) in [7, 11) is 0. The lowest BCUT2D eigenvalue weighted by atomic mass is 9.72. The van der Waals surface area contributed by atoms with Gasteiger partial charge in [0, 0.05) is 6.04 Å². The molecule has 1 heterocycles. The Kier molecular flexibility index (Phi) is 3.15. The molecular formula is C13H21NO. The van der Waals surface area contributed by atoms with Crippen molar-refractivity contribution in [2.75, 3.05) is 0 Å². The first-order valence-corrected chi connectivity index (χ1v) is 6.00. The Morgan fingerprint density at radius 1 is 1.40 bits per heavy atom. The highest BCUT2D eigenvalue weighted by atomic mass is 16.3. The lowest BCUT2D eigenvalue weighted by Crippen LogP contribution is -2.32. The summed E-state index contributed by atoms with van der Waals surface area (Å²) in [6, 6.07) is 0.382. The summed E-state index contributed by atoms with van der Waals surface area (Å²) in [5.41, 5.74) is 8.74. The van der Waals surface area contributed by atoms with Gasteiger partial charge in [0.05, 0.1) is 12.5 Å². The number of furan rings is 1. The number of hydrogen-bond donors (Lipinski definition) is 1. The van der Waals surface area contributed by atoms with Crippen LogP contribution in [0.3, 0.4) is 0 Å². The van der Waals surface area contributed by atoms with Gasteiger partial charge in [-0.05, 0) is 49.1 Å². The van der Waals surface area contributed by atoms with E-state index in [1.165, 1.54) is 30.4 Å². The molecule has 3 unspecified atom stereocenters. The Bertz CT molecular complexity index is 318. The van der Waals surface area contributed by atoms with Gasteiger partial charge in [-0.2, -0.15) is 0 Å². The quantitative estimate of drug-likeness (QED) is 0.808. The molecular weight excluding hydrogens is 186 g/mol. The van der Waals surface area contributed by atoms with Crippen molar-refractivity contribution in [2.45, 2.75) is 51.5 Å². The minimum atomic E-state index is 0.382. The Morgan fingerprint density at radius 2 is 2.20 bits per heavy atom. The molecule has 84 valence electrons. The lowest BCUT2D eigenvalue weighted by molar-refractivity contribution is 0.272. The summed E-state index contributed by atoms with van der Waals surface area (Å²) in [5, 5.41) is 0. The molecule has 0 spiro atoms. The Hall–Kier alpha value is -0.760. The molecule has 0 aromatic carbocycles. The summed E-state index contributed by atoms with van der Waals surface area (Å²) < 4.78 is 5.29. The van der Waals surface area contributed by atoms with Crippen LogP contribution >= 0.6 is 0 Å². The molecule has 1 saturated carbocycles. The third-order valence-corrected chi connectivity index (χ3v) is 3.85. The van der Waals surface area contributed by atoms with Crippen LogP contribution in [0.25, 0.3) is 0 Å². The molecule has 3 atom stereocenters. The Balaban J connectivity index is 2.20. The molecule has 1 aromatic heterocycles. The van der Waals surface area contributed by atoms with Gasteiger partial charge in [-0.25, -0.2) is 0 Å². The third kappa shape index (κ3) is 2.10. The van der Waals surface area contributed by atoms with Gasteiger partial charge >= 0.3 is 0 Å². The van der Waals surface area contributed by atoms with Gasteiger partial charge in [0.1, 0.15) is 0 Å². The summed E-state index contributed by atoms with van der Waals surface area (Å²) in [6.07, 6.45) is 8.60. The van der Waals surface area contributed by atoms with Crippen molar-refractivity contribution >= 4 is 0 Å². The second kappa shape index (κ2) is 4.40. The molecule has 0 saturated heterocycles. The molecule has 2 rings (SSSR count). The van der Waals surface area contributed by atoms with Crippen molar-refractivity contribution in [1.82, 2.24) is 0 Å². The van der Waals surface area contributed by atoms with E-state index in [-0.39, 0.29) is 0 Å². The van der Waals surface area contributed by atoms with E-state index in [0.717, 1.165) is 12.3 Å². The van der Waals surface area contributed by atoms with Crippen LogP contribution in [0.2, 0.25) is 0 Å². The van der Waals surface area contributed by atoms with Crippen LogP contribution in [-0.4, -0.2) is 6.04 Å². The molecule has 1 fully saturated rings. The predicted octanol–water partition coefficient (Wildman–Crippen LogP) is 3.21. The van der Waals surface area contributed by atoms with Crippen molar-refractivity contribution in [3.63, 3.8) is 0 Å². The van der Waals surface area contributed by atoms with Crippen LogP contribution in [-0.2, 0) is 0 Å². The van der Waals surface area contributed by atoms with Crippen LogP contribution < -0.4 is 5.73 Å². The van der Waals surface area contributed by atoms with E-state index >= 15 is 0 Å². The topological polar surface area (TPSA) is 39.2 Å². The van der Waals surface area contributed by atoms with Crippen LogP contribution in [0.5, 0.6) is 0 Å². The highest BCUT2D eigenvalue weighted by Crippen LogP contribution is 2.40. The lowest BCUT2D eigenvalue weighted by Gasteiger charge is -2.34. The number of rotatable bonds is 2. The van der Waals surface area contributed by atoms with Crippen molar-refractivity contribution in [2.24, 2.45) is 11.7 Å². The fraction of sp³-hybridized carbons (Fsp3) is 0.692. The van der Waals surface area contributed by atoms with Gasteiger partial charge in [0.2, 0.25) is 0 Å². The van der Waals surface area contributed by atoms with Crippen molar-refractivity contribution in [3.8, 4) is 0 Å². The van der Waals surface area contributed by atoms with Gasteiger partial charge in [0.15, 0.2) is 0 Å². The van der Waals surface area contributed by atoms with Gasteiger partial charge in [-0.1, -0.05) is 13.3 Å². The first kappa shape index (κ1) is 10.7. The molecule has 0 radical (unpaired) electrons. The first-order chi connectivity index (χ1) is 7.22. The van der Waals surface area contributed by atoms with Gasteiger partial charge in [0.25, 0.3) is 0 Å². The molecule has 1 aliphatic carbocycles. The number of nitrogens with two attached hydrogens (primary N) is 1. The van der Waals surface area contributed by atoms with Gasteiger partial charge < -0.3 is 10.2 Å². The molecule has 1 aliphatic rings. The van der Waals surface area contributed by atoms with Crippen molar-refractivity contribution < 1.29 is 4.42 Å². The van der Waals surface area contributed by atoms with Crippen molar-refractivity contribution in [3.05, 3.63) is 23.7 Å². The summed E-state index contributed by atoms with van der Waals surface area (Å²) in [4.78, 5) is 0. The molecule has 15 heavy (non-hydrogen) atoms. The fourth-order valence-electron chi connectivity index (χ4n) is 2.89. The van der Waals surface area contributed by atoms with E-state index in [4.69, 9.17) is 10.2 Å². The maximum atomic E-state index is 6.07. The monoisotopic (exact) mass is 207 g/mol. The number of hydrogen-bond acceptors (Lipinski definition) is 2. The standard InChI is InChI=1S/C13H21NO/c1-3-10-4-5-11(14)6-12(10)13-8-15-7-9(13)2/h7-8,10-12H,3-6,14H2,1-2H3. The summed E-state index contributed by atoms with van der Waals surface area (Å²) >= 11 is 0. The molecule has 0 amide bonds. The molecule has 0 bridgehead atoms. The maximum absolute atomic E-state index is 6.07. The molecule has 1 aromatic rings. The molecule has 2 N–H and O–H groups in total. The highest BCUT2D eigenvalue weighted by Gasteiger charge is 2.30. The van der Waals surface area contributed by atoms with Crippen molar-refractivity contribution in [1.29, 1.82) is 0 Å². The Labute approximate surface area is 91.8 Å². The normalized spacial score (nSPS) is 31.8. The largest absolute Gasteiger partial charge is 0.472 e. The van der Waals surface area contributed by atoms with Gasteiger partial charge in [-0.15, -0.1) is 0 Å². The molecule has 2 nitrogen and oxygen atoms in total. The second-order valence-electron chi connectivity index (χ2n) is 4.86. The SMILES string of the molecule is CCC1CCC(N)CC1c1cocc1C. The van der Waals surface area contributed by atoms with Gasteiger partial charge in [-0.3, -0.25) is 0 Å². The molecule has 0 aliphatic heterocycles. The minimum Gasteiger partial charge on any atom is -0.472 e. The predicted molar refractivity (Wildman–Crippen MR) is 61.8 cm³/mol. The van der Waals surface area contributed by atoms with E-state index in [1.807, 2.05) is 12.5 Å². The van der Waals surface area contributed by atoms with Crippen LogP contribution in [0.4, 0.5) is 0 Å². The smallest absolute Gasteiger partial charge is 0.0940 e. The summed E-state index contributed by atoms with van der Waals surface area (Å²) in [5.74, 6) is 1.42. The second-order valence-corrected chi connectivity index (χ2v) is 4.86. The molecule has 2 heteroatoms. The first-order valence-electron chi connectivity index (χ1n) is 6.00. The zero-order valence-corrected chi connectivity index (χ0v) is 9.70.